The van der Waals surface area contributed by atoms with Crippen LogP contribution < -0.4 is 10.1 Å². The summed E-state index contributed by atoms with van der Waals surface area (Å²) < 4.78 is 11.8. The highest BCUT2D eigenvalue weighted by atomic mass is 16.6. The molecule has 0 unspecified atom stereocenters. The van der Waals surface area contributed by atoms with Crippen molar-refractivity contribution >= 4 is 34.3 Å². The highest BCUT2D eigenvalue weighted by Gasteiger charge is 2.23. The van der Waals surface area contributed by atoms with Gasteiger partial charge in [0.25, 0.3) is 5.91 Å². The normalized spacial score (nSPS) is 10.8. The highest BCUT2D eigenvalue weighted by Crippen LogP contribution is 2.27. The van der Waals surface area contributed by atoms with Crippen LogP contribution in [0.5, 0.6) is 5.75 Å². The van der Waals surface area contributed by atoms with Gasteiger partial charge in [0.2, 0.25) is 0 Å². The number of nitrogens with one attached hydrogen (secondary N) is 1. The van der Waals surface area contributed by atoms with Crippen LogP contribution in [0.25, 0.3) is 16.7 Å². The zero-order chi connectivity index (χ0) is 25.8. The van der Waals surface area contributed by atoms with Gasteiger partial charge in [-0.2, -0.15) is 9.78 Å². The lowest BCUT2D eigenvalue weighted by Crippen LogP contribution is -2.24. The first kappa shape index (κ1) is 24.3. The van der Waals surface area contributed by atoms with Crippen LogP contribution in [-0.4, -0.2) is 44.8 Å². The third-order valence-electron chi connectivity index (χ3n) is 5.39. The minimum Gasteiger partial charge on any atom is -0.477 e. The number of benzene rings is 2. The van der Waals surface area contributed by atoms with Crippen molar-refractivity contribution in [3.8, 4) is 11.6 Å². The molecule has 11 nitrogen and oxygen atoms in total. The number of aromatic nitrogens is 3. The number of rotatable bonds is 8. The average Bonchev–Trinajstić information content (AvgIpc) is 3.27. The Morgan fingerprint density at radius 2 is 1.89 bits per heavy atom. The monoisotopic (exact) mass is 489 g/mol. The van der Waals surface area contributed by atoms with Crippen molar-refractivity contribution in [2.24, 2.45) is 0 Å². The quantitative estimate of drug-likeness (QED) is 0.221. The molecule has 0 spiro atoms. The van der Waals surface area contributed by atoms with E-state index in [-0.39, 0.29) is 29.4 Å². The Labute approximate surface area is 205 Å². The molecule has 0 bridgehead atoms. The maximum absolute atomic E-state index is 12.8. The van der Waals surface area contributed by atoms with Crippen LogP contribution in [0, 0.1) is 24.0 Å². The van der Waals surface area contributed by atoms with Crippen molar-refractivity contribution in [3.05, 3.63) is 81.5 Å². The summed E-state index contributed by atoms with van der Waals surface area (Å²) in [7, 11) is 0. The van der Waals surface area contributed by atoms with Crippen LogP contribution in [0.1, 0.15) is 28.4 Å². The van der Waals surface area contributed by atoms with E-state index in [0.717, 1.165) is 22.0 Å². The Bertz CT molecular complexity index is 1480. The molecule has 0 saturated carbocycles. The number of aryl methyl sites for hydroxylation is 2. The topological polar surface area (TPSA) is 138 Å². The van der Waals surface area contributed by atoms with Gasteiger partial charge < -0.3 is 14.8 Å². The number of anilines is 1. The van der Waals surface area contributed by atoms with E-state index in [1.807, 2.05) is 32.0 Å². The van der Waals surface area contributed by atoms with Crippen molar-refractivity contribution < 1.29 is 24.0 Å². The molecule has 0 saturated heterocycles. The van der Waals surface area contributed by atoms with Crippen LogP contribution in [0.3, 0.4) is 0 Å². The number of nitro groups is 1. The Balaban J connectivity index is 1.68. The number of carbonyl (C=O) groups is 2. The SMILES string of the molecule is CCOC(=O)c1cnn(-c2cc(C)c3cccc(C)c3n2)c1NC(=O)COc1ccccc1[N+](=O)[O-]. The van der Waals surface area contributed by atoms with Gasteiger partial charge >= 0.3 is 11.7 Å². The third kappa shape index (κ3) is 4.85. The molecule has 184 valence electrons. The Morgan fingerprint density at radius 1 is 1.11 bits per heavy atom. The van der Waals surface area contributed by atoms with Gasteiger partial charge in [-0.05, 0) is 44.0 Å². The van der Waals surface area contributed by atoms with E-state index >= 15 is 0 Å². The fourth-order valence-corrected chi connectivity index (χ4v) is 3.69. The average molecular weight is 489 g/mol. The van der Waals surface area contributed by atoms with Crippen molar-refractivity contribution in [1.82, 2.24) is 14.8 Å². The van der Waals surface area contributed by atoms with Gasteiger partial charge in [-0.3, -0.25) is 14.9 Å². The van der Waals surface area contributed by atoms with Gasteiger partial charge in [0.05, 0.1) is 23.2 Å². The number of carbonyl (C=O) groups excluding carboxylic acids is 2. The zero-order valence-electron chi connectivity index (χ0n) is 19.8. The molecule has 36 heavy (non-hydrogen) atoms. The van der Waals surface area contributed by atoms with Gasteiger partial charge in [0, 0.05) is 11.5 Å². The number of nitro benzene ring substituents is 1. The Morgan fingerprint density at radius 3 is 2.64 bits per heavy atom. The van der Waals surface area contributed by atoms with Crippen molar-refractivity contribution in [2.75, 3.05) is 18.5 Å². The molecule has 0 radical (unpaired) electrons. The summed E-state index contributed by atoms with van der Waals surface area (Å²) in [6, 6.07) is 13.4. The maximum Gasteiger partial charge on any atom is 0.343 e. The number of ether oxygens (including phenoxy) is 2. The van der Waals surface area contributed by atoms with E-state index in [2.05, 4.69) is 10.4 Å². The van der Waals surface area contributed by atoms with E-state index in [0.29, 0.717) is 5.82 Å². The van der Waals surface area contributed by atoms with E-state index in [1.165, 1.54) is 29.1 Å². The lowest BCUT2D eigenvalue weighted by Gasteiger charge is -2.13. The number of fused-ring (bicyclic) bond motifs is 1. The number of amides is 1. The molecule has 4 rings (SSSR count). The Hall–Kier alpha value is -4.80. The summed E-state index contributed by atoms with van der Waals surface area (Å²) in [5.74, 6) is -0.954. The summed E-state index contributed by atoms with van der Waals surface area (Å²) in [5.41, 5.74) is 2.41. The van der Waals surface area contributed by atoms with Crippen molar-refractivity contribution in [3.63, 3.8) is 0 Å². The number of pyridine rings is 1. The van der Waals surface area contributed by atoms with Gasteiger partial charge in [0.1, 0.15) is 5.56 Å². The molecular formula is C25H23N5O6. The van der Waals surface area contributed by atoms with Gasteiger partial charge in [-0.1, -0.05) is 30.3 Å². The van der Waals surface area contributed by atoms with Crippen molar-refractivity contribution in [1.29, 1.82) is 0 Å². The van der Waals surface area contributed by atoms with E-state index < -0.39 is 23.4 Å². The molecule has 4 aromatic rings. The summed E-state index contributed by atoms with van der Waals surface area (Å²) in [4.78, 5) is 40.7. The molecule has 2 heterocycles. The van der Waals surface area contributed by atoms with Crippen LogP contribution >= 0.6 is 0 Å². The molecule has 0 aliphatic carbocycles. The second kappa shape index (κ2) is 10.2. The van der Waals surface area contributed by atoms with Crippen LogP contribution in [0.15, 0.2) is 54.7 Å². The number of para-hydroxylation sites is 3. The smallest absolute Gasteiger partial charge is 0.343 e. The summed E-state index contributed by atoms with van der Waals surface area (Å²) in [6.07, 6.45) is 1.29. The molecule has 0 aliphatic rings. The molecule has 0 atom stereocenters. The minimum atomic E-state index is -0.674. The van der Waals surface area contributed by atoms with Crippen molar-refractivity contribution in [2.45, 2.75) is 20.8 Å². The van der Waals surface area contributed by atoms with E-state index in [1.54, 1.807) is 19.1 Å². The number of nitrogens with zero attached hydrogens (tertiary/aromatic N) is 4. The first-order valence-corrected chi connectivity index (χ1v) is 11.1. The van der Waals surface area contributed by atoms with Crippen LogP contribution in [0.2, 0.25) is 0 Å². The summed E-state index contributed by atoms with van der Waals surface area (Å²) >= 11 is 0. The van der Waals surface area contributed by atoms with Crippen LogP contribution in [0.4, 0.5) is 11.5 Å². The number of esters is 1. The fraction of sp³-hybridized carbons (Fsp3) is 0.200. The van der Waals surface area contributed by atoms with Crippen LogP contribution in [-0.2, 0) is 9.53 Å². The lowest BCUT2D eigenvalue weighted by molar-refractivity contribution is -0.385. The zero-order valence-corrected chi connectivity index (χ0v) is 19.8. The third-order valence-corrected chi connectivity index (χ3v) is 5.39. The summed E-state index contributed by atoms with van der Waals surface area (Å²) in [5, 5.41) is 19.1. The Kier molecular flexibility index (Phi) is 6.91. The maximum atomic E-state index is 12.8. The molecule has 1 N–H and O–H groups in total. The van der Waals surface area contributed by atoms with E-state index in [9.17, 15) is 19.7 Å². The molecule has 0 aliphatic heterocycles. The first-order valence-electron chi connectivity index (χ1n) is 11.1. The number of hydrogen-bond donors (Lipinski definition) is 1. The predicted molar refractivity (Wildman–Crippen MR) is 132 cm³/mol. The molecule has 11 heteroatoms. The first-order chi connectivity index (χ1) is 17.3. The molecule has 2 aromatic heterocycles. The minimum absolute atomic E-state index is 0.0280. The lowest BCUT2D eigenvalue weighted by atomic mass is 10.1. The highest BCUT2D eigenvalue weighted by molar-refractivity contribution is 6.01. The molecule has 0 fully saturated rings. The second-order valence-electron chi connectivity index (χ2n) is 7.87. The van der Waals surface area contributed by atoms with E-state index in [4.69, 9.17) is 14.5 Å². The molecule has 1 amide bonds. The molecule has 2 aromatic carbocycles. The van der Waals surface area contributed by atoms with Gasteiger partial charge in [-0.25, -0.2) is 9.78 Å². The molecular weight excluding hydrogens is 466 g/mol. The largest absolute Gasteiger partial charge is 0.477 e. The number of hydrogen-bond acceptors (Lipinski definition) is 8. The predicted octanol–water partition coefficient (Wildman–Crippen LogP) is 4.14. The van der Waals surface area contributed by atoms with Gasteiger partial charge in [-0.15, -0.1) is 0 Å². The summed E-state index contributed by atoms with van der Waals surface area (Å²) in [6.45, 7) is 5.13. The fourth-order valence-electron chi connectivity index (χ4n) is 3.69. The van der Waals surface area contributed by atoms with Gasteiger partial charge in [0.15, 0.2) is 24.0 Å². The standard InChI is InChI=1S/C25H23N5O6/c1-4-35-25(32)18-13-26-29(21-12-16(3)17-9-7-8-15(2)23(17)27-21)24(18)28-22(31)14-36-20-11-6-5-10-19(20)30(33)34/h5-13H,4,14H2,1-3H3,(H,28,31). The second-order valence-corrected chi connectivity index (χ2v) is 7.87.